The van der Waals surface area contributed by atoms with Gasteiger partial charge in [0, 0.05) is 38.6 Å². The van der Waals surface area contributed by atoms with Crippen LogP contribution in [0.5, 0.6) is 0 Å². The van der Waals surface area contributed by atoms with Gasteiger partial charge in [-0.2, -0.15) is 9.40 Å². The molecule has 0 fully saturated rings. The molecule has 2 aromatic heterocycles. The Bertz CT molecular complexity index is 1050. The van der Waals surface area contributed by atoms with E-state index in [1.165, 1.54) is 10.6 Å². The Balaban J connectivity index is 1.61. The van der Waals surface area contributed by atoms with Gasteiger partial charge >= 0.3 is 0 Å². The molecule has 4 rings (SSSR count). The predicted molar refractivity (Wildman–Crippen MR) is 101 cm³/mol. The molecule has 0 saturated heterocycles. The lowest BCUT2D eigenvalue weighted by atomic mass is 10.1. The maximum absolute atomic E-state index is 13.1. The minimum atomic E-state index is -3.59. The molecule has 0 saturated carbocycles. The molecule has 0 aliphatic carbocycles. The topological polar surface area (TPSA) is 84.2 Å². The Kier molecular flexibility index (Phi) is 4.40. The molecule has 0 atom stereocenters. The van der Waals surface area contributed by atoms with Crippen LogP contribution in [0.3, 0.4) is 0 Å². The first-order chi connectivity index (χ1) is 13.0. The van der Waals surface area contributed by atoms with Crippen LogP contribution in [0.1, 0.15) is 11.3 Å². The molecule has 9 heteroatoms. The van der Waals surface area contributed by atoms with Crippen molar-refractivity contribution in [2.45, 2.75) is 17.9 Å². The molecule has 3 heterocycles. The zero-order valence-electron chi connectivity index (χ0n) is 15.1. The van der Waals surface area contributed by atoms with Crippen molar-refractivity contribution in [3.63, 3.8) is 0 Å². The molecule has 140 valence electrons. The highest BCUT2D eigenvalue weighted by atomic mass is 32.2. The first kappa shape index (κ1) is 17.6. The Morgan fingerprint density at radius 1 is 1.11 bits per heavy atom. The fraction of sp³-hybridized carbons (Fsp3) is 0.278. The van der Waals surface area contributed by atoms with Crippen molar-refractivity contribution in [2.24, 2.45) is 0 Å². The summed E-state index contributed by atoms with van der Waals surface area (Å²) in [5, 5.41) is 4.15. The second-order valence-electron chi connectivity index (χ2n) is 6.55. The second kappa shape index (κ2) is 6.75. The van der Waals surface area contributed by atoms with Crippen LogP contribution in [0.2, 0.25) is 0 Å². The average Bonchev–Trinajstić information content (AvgIpc) is 3.22. The van der Waals surface area contributed by atoms with Crippen LogP contribution in [-0.2, 0) is 23.0 Å². The molecule has 0 radical (unpaired) electrons. The smallest absolute Gasteiger partial charge is 0.243 e. The zero-order chi connectivity index (χ0) is 19.0. The molecule has 8 nitrogen and oxygen atoms in total. The van der Waals surface area contributed by atoms with E-state index in [0.717, 1.165) is 22.8 Å². The monoisotopic (exact) mass is 384 g/mol. The van der Waals surface area contributed by atoms with Crippen molar-refractivity contribution in [3.8, 4) is 5.69 Å². The molecule has 1 aromatic carbocycles. The highest BCUT2D eigenvalue weighted by molar-refractivity contribution is 7.89. The Labute approximate surface area is 158 Å². The van der Waals surface area contributed by atoms with E-state index in [1.807, 2.05) is 31.3 Å². The number of sulfonamides is 1. The van der Waals surface area contributed by atoms with E-state index < -0.39 is 10.0 Å². The fourth-order valence-corrected chi connectivity index (χ4v) is 4.65. The zero-order valence-corrected chi connectivity index (χ0v) is 16.0. The number of benzene rings is 1. The predicted octanol–water partition coefficient (Wildman–Crippen LogP) is 1.48. The van der Waals surface area contributed by atoms with Crippen molar-refractivity contribution in [1.29, 1.82) is 0 Å². The van der Waals surface area contributed by atoms with Crippen molar-refractivity contribution >= 4 is 15.8 Å². The highest BCUT2D eigenvalue weighted by Crippen LogP contribution is 2.28. The number of aromatic nitrogens is 4. The van der Waals surface area contributed by atoms with Gasteiger partial charge in [0.25, 0.3) is 0 Å². The molecule has 0 unspecified atom stereocenters. The maximum Gasteiger partial charge on any atom is 0.243 e. The lowest BCUT2D eigenvalue weighted by molar-refractivity contribution is 0.385. The summed E-state index contributed by atoms with van der Waals surface area (Å²) in [7, 11) is 0.253. The van der Waals surface area contributed by atoms with Gasteiger partial charge in [0.05, 0.1) is 22.8 Å². The quantitative estimate of drug-likeness (QED) is 0.677. The summed E-state index contributed by atoms with van der Waals surface area (Å²) in [6.45, 7) is 0.659. The number of rotatable bonds is 4. The standard InChI is InChI=1S/C18H20N6O2S/c1-22(2)18-16-8-11-23(12-17(16)19-13-20-18)27(25,26)15-6-4-14(5-7-15)24-10-3-9-21-24/h3-7,9-10,13H,8,11-12H2,1-2H3. The van der Waals surface area contributed by atoms with Gasteiger partial charge < -0.3 is 4.90 Å². The van der Waals surface area contributed by atoms with Gasteiger partial charge in [0.2, 0.25) is 10.0 Å². The number of fused-ring (bicyclic) bond motifs is 1. The minimum Gasteiger partial charge on any atom is -0.362 e. The third-order valence-corrected chi connectivity index (χ3v) is 6.48. The molecule has 0 N–H and O–H groups in total. The summed E-state index contributed by atoms with van der Waals surface area (Å²) in [5.41, 5.74) is 2.59. The van der Waals surface area contributed by atoms with Crippen LogP contribution in [0, 0.1) is 0 Å². The van der Waals surface area contributed by atoms with Crippen LogP contribution in [0.4, 0.5) is 5.82 Å². The molecule has 1 aliphatic heterocycles. The van der Waals surface area contributed by atoms with Crippen LogP contribution < -0.4 is 4.90 Å². The van der Waals surface area contributed by atoms with Crippen LogP contribution in [0.25, 0.3) is 5.69 Å². The van der Waals surface area contributed by atoms with Crippen molar-refractivity contribution in [2.75, 3.05) is 25.5 Å². The number of nitrogens with zero attached hydrogens (tertiary/aromatic N) is 6. The Morgan fingerprint density at radius 3 is 2.56 bits per heavy atom. The van der Waals surface area contributed by atoms with E-state index in [9.17, 15) is 8.42 Å². The summed E-state index contributed by atoms with van der Waals surface area (Å²) in [6, 6.07) is 8.56. The largest absolute Gasteiger partial charge is 0.362 e. The van der Waals surface area contributed by atoms with Gasteiger partial charge in [-0.1, -0.05) is 0 Å². The van der Waals surface area contributed by atoms with Crippen molar-refractivity contribution < 1.29 is 8.42 Å². The van der Waals surface area contributed by atoms with E-state index in [0.29, 0.717) is 13.0 Å². The molecular formula is C18H20N6O2S. The van der Waals surface area contributed by atoms with Crippen molar-refractivity contribution in [3.05, 3.63) is 60.3 Å². The first-order valence-electron chi connectivity index (χ1n) is 8.57. The lowest BCUT2D eigenvalue weighted by Crippen LogP contribution is -2.37. The second-order valence-corrected chi connectivity index (χ2v) is 8.49. The van der Waals surface area contributed by atoms with E-state index >= 15 is 0 Å². The first-order valence-corrected chi connectivity index (χ1v) is 10.0. The van der Waals surface area contributed by atoms with Crippen LogP contribution >= 0.6 is 0 Å². The number of hydrogen-bond acceptors (Lipinski definition) is 6. The Morgan fingerprint density at radius 2 is 1.89 bits per heavy atom. The van der Waals surface area contributed by atoms with E-state index in [2.05, 4.69) is 15.1 Å². The van der Waals surface area contributed by atoms with Gasteiger partial charge in [-0.05, 0) is 36.8 Å². The van der Waals surface area contributed by atoms with E-state index in [4.69, 9.17) is 0 Å². The lowest BCUT2D eigenvalue weighted by Gasteiger charge is -2.29. The highest BCUT2D eigenvalue weighted by Gasteiger charge is 2.30. The van der Waals surface area contributed by atoms with Gasteiger partial charge in [-0.25, -0.2) is 23.1 Å². The van der Waals surface area contributed by atoms with Gasteiger partial charge in [0.1, 0.15) is 12.1 Å². The number of anilines is 1. The van der Waals surface area contributed by atoms with Gasteiger partial charge in [-0.15, -0.1) is 0 Å². The summed E-state index contributed by atoms with van der Waals surface area (Å²) in [5.74, 6) is 0.848. The molecular weight excluding hydrogens is 364 g/mol. The summed E-state index contributed by atoms with van der Waals surface area (Å²) in [4.78, 5) is 10.8. The summed E-state index contributed by atoms with van der Waals surface area (Å²) >= 11 is 0. The van der Waals surface area contributed by atoms with Crippen LogP contribution in [0.15, 0.2) is 53.9 Å². The fourth-order valence-electron chi connectivity index (χ4n) is 3.25. The van der Waals surface area contributed by atoms with Gasteiger partial charge in [-0.3, -0.25) is 0 Å². The SMILES string of the molecule is CN(C)c1ncnc2c1CCN(S(=O)(=O)c1ccc(-n3cccn3)cc1)C2. The third kappa shape index (κ3) is 3.19. The van der Waals surface area contributed by atoms with E-state index in [-0.39, 0.29) is 11.4 Å². The maximum atomic E-state index is 13.1. The summed E-state index contributed by atoms with van der Waals surface area (Å²) in [6.07, 6.45) is 5.57. The molecule has 0 spiro atoms. The Hall–Kier alpha value is -2.78. The third-order valence-electron chi connectivity index (χ3n) is 4.62. The van der Waals surface area contributed by atoms with E-state index in [1.54, 1.807) is 35.1 Å². The molecule has 1 aliphatic rings. The molecule has 3 aromatic rings. The normalized spacial score (nSPS) is 14.7. The molecule has 0 amide bonds. The van der Waals surface area contributed by atoms with Gasteiger partial charge in [0.15, 0.2) is 0 Å². The minimum absolute atomic E-state index is 0.252. The van der Waals surface area contributed by atoms with Crippen molar-refractivity contribution in [1.82, 2.24) is 24.1 Å². The number of hydrogen-bond donors (Lipinski definition) is 0. The summed E-state index contributed by atoms with van der Waals surface area (Å²) < 4.78 is 29.3. The molecule has 27 heavy (non-hydrogen) atoms. The average molecular weight is 384 g/mol. The molecule has 0 bridgehead atoms. The van der Waals surface area contributed by atoms with Crippen LogP contribution in [-0.4, -0.2) is 53.1 Å².